The number of rotatable bonds is 3. The van der Waals surface area contributed by atoms with E-state index >= 15 is 0 Å². The molecule has 6 heteroatoms. The van der Waals surface area contributed by atoms with Crippen molar-refractivity contribution in [3.05, 3.63) is 41.6 Å². The molecule has 1 fully saturated rings. The predicted molar refractivity (Wildman–Crippen MR) is 98.9 cm³/mol. The van der Waals surface area contributed by atoms with Crippen LogP contribution in [0.2, 0.25) is 0 Å². The number of aryl methyl sites for hydroxylation is 1. The Hall–Kier alpha value is -1.36. The summed E-state index contributed by atoms with van der Waals surface area (Å²) in [7, 11) is 0. The van der Waals surface area contributed by atoms with Crippen LogP contribution in [0.25, 0.3) is 10.9 Å². The number of amides is 1. The highest BCUT2D eigenvalue weighted by atomic mass is 35.5. The Labute approximate surface area is 149 Å². The van der Waals surface area contributed by atoms with Gasteiger partial charge in [-0.3, -0.25) is 9.78 Å². The number of benzene rings is 1. The van der Waals surface area contributed by atoms with Gasteiger partial charge in [-0.2, -0.15) is 0 Å². The van der Waals surface area contributed by atoms with Crippen LogP contribution in [0.5, 0.6) is 0 Å². The molecule has 1 aliphatic heterocycles. The van der Waals surface area contributed by atoms with E-state index in [9.17, 15) is 4.79 Å². The number of pyridine rings is 1. The maximum absolute atomic E-state index is 12.5. The van der Waals surface area contributed by atoms with E-state index in [0.29, 0.717) is 5.92 Å². The molecule has 0 aliphatic carbocycles. The number of carbonyl (C=O) groups excluding carboxylic acids is 1. The van der Waals surface area contributed by atoms with Crippen LogP contribution in [0.1, 0.15) is 28.9 Å². The van der Waals surface area contributed by atoms with Crippen molar-refractivity contribution in [3.63, 3.8) is 0 Å². The van der Waals surface area contributed by atoms with Crippen LogP contribution in [-0.2, 0) is 0 Å². The Bertz CT molecular complexity index is 657. The quantitative estimate of drug-likeness (QED) is 0.889. The van der Waals surface area contributed by atoms with Gasteiger partial charge in [-0.05, 0) is 50.9 Å². The van der Waals surface area contributed by atoms with E-state index in [1.807, 2.05) is 37.3 Å². The number of para-hydroxylation sites is 1. The van der Waals surface area contributed by atoms with Gasteiger partial charge in [-0.25, -0.2) is 0 Å². The second-order valence-corrected chi connectivity index (χ2v) is 5.75. The van der Waals surface area contributed by atoms with Crippen molar-refractivity contribution in [1.82, 2.24) is 15.6 Å². The maximum atomic E-state index is 12.5. The first-order chi connectivity index (χ1) is 10.2. The van der Waals surface area contributed by atoms with E-state index in [0.717, 1.165) is 41.8 Å². The van der Waals surface area contributed by atoms with Crippen LogP contribution in [0, 0.1) is 12.8 Å². The van der Waals surface area contributed by atoms with Crippen LogP contribution < -0.4 is 10.6 Å². The molecule has 0 bridgehead atoms. The molecule has 126 valence electrons. The SMILES string of the molecule is Cc1cc(C(=O)NCC2CCCNC2)c2ccccc2n1.Cl.Cl. The molecule has 1 amide bonds. The van der Waals surface area contributed by atoms with Gasteiger partial charge < -0.3 is 10.6 Å². The second kappa shape index (κ2) is 9.06. The normalized spacial score (nSPS) is 17.0. The summed E-state index contributed by atoms with van der Waals surface area (Å²) in [6, 6.07) is 9.67. The maximum Gasteiger partial charge on any atom is 0.252 e. The summed E-state index contributed by atoms with van der Waals surface area (Å²) in [6.07, 6.45) is 2.38. The van der Waals surface area contributed by atoms with Crippen LogP contribution in [0.3, 0.4) is 0 Å². The number of piperidine rings is 1. The minimum atomic E-state index is 0. The van der Waals surface area contributed by atoms with Crippen LogP contribution in [0.15, 0.2) is 30.3 Å². The molecule has 3 rings (SSSR count). The summed E-state index contributed by atoms with van der Waals surface area (Å²) in [5, 5.41) is 7.38. The van der Waals surface area contributed by atoms with E-state index in [4.69, 9.17) is 0 Å². The molecular formula is C17H23Cl2N3O. The Morgan fingerprint density at radius 1 is 1.35 bits per heavy atom. The molecule has 0 spiro atoms. The number of nitrogens with zero attached hydrogens (tertiary/aromatic N) is 1. The summed E-state index contributed by atoms with van der Waals surface area (Å²) in [5.41, 5.74) is 2.47. The molecule has 2 aromatic rings. The first-order valence-corrected chi connectivity index (χ1v) is 7.59. The van der Waals surface area contributed by atoms with Gasteiger partial charge in [0.15, 0.2) is 0 Å². The van der Waals surface area contributed by atoms with E-state index in [1.54, 1.807) is 0 Å². The lowest BCUT2D eigenvalue weighted by molar-refractivity contribution is 0.0946. The highest BCUT2D eigenvalue weighted by Gasteiger charge is 2.16. The molecule has 1 aliphatic rings. The number of fused-ring (bicyclic) bond motifs is 1. The Kier molecular flexibility index (Phi) is 7.76. The van der Waals surface area contributed by atoms with Gasteiger partial charge >= 0.3 is 0 Å². The first kappa shape index (κ1) is 19.7. The van der Waals surface area contributed by atoms with E-state index in [2.05, 4.69) is 15.6 Å². The molecule has 1 unspecified atom stereocenters. The summed E-state index contributed by atoms with van der Waals surface area (Å²) in [5.74, 6) is 0.541. The largest absolute Gasteiger partial charge is 0.352 e. The zero-order valence-electron chi connectivity index (χ0n) is 13.2. The number of hydrogen-bond donors (Lipinski definition) is 2. The second-order valence-electron chi connectivity index (χ2n) is 5.75. The molecule has 2 N–H and O–H groups in total. The zero-order valence-corrected chi connectivity index (χ0v) is 14.8. The topological polar surface area (TPSA) is 54.0 Å². The number of nitrogens with one attached hydrogen (secondary N) is 2. The summed E-state index contributed by atoms with van der Waals surface area (Å²) >= 11 is 0. The predicted octanol–water partition coefficient (Wildman–Crippen LogP) is 3.12. The highest BCUT2D eigenvalue weighted by molar-refractivity contribution is 6.06. The van der Waals surface area contributed by atoms with Gasteiger partial charge in [0, 0.05) is 17.6 Å². The van der Waals surface area contributed by atoms with Gasteiger partial charge in [0.05, 0.1) is 11.1 Å². The van der Waals surface area contributed by atoms with Gasteiger partial charge in [0.1, 0.15) is 0 Å². The molecule has 0 radical (unpaired) electrons. The standard InChI is InChI=1S/C17H21N3O.2ClH/c1-12-9-15(14-6-2-3-7-16(14)20-12)17(21)19-11-13-5-4-8-18-10-13;;/h2-3,6-7,9,13,18H,4-5,8,10-11H2,1H3,(H,19,21);2*1H. The third-order valence-electron chi connectivity index (χ3n) is 4.04. The van der Waals surface area contributed by atoms with E-state index < -0.39 is 0 Å². The molecular weight excluding hydrogens is 333 g/mol. The number of carbonyl (C=O) groups is 1. The molecule has 1 aromatic heterocycles. The van der Waals surface area contributed by atoms with Crippen LogP contribution >= 0.6 is 24.8 Å². The number of aromatic nitrogens is 1. The van der Waals surface area contributed by atoms with Crippen molar-refractivity contribution in [1.29, 1.82) is 0 Å². The lowest BCUT2D eigenvalue weighted by Crippen LogP contribution is -2.38. The van der Waals surface area contributed by atoms with Gasteiger partial charge in [0.25, 0.3) is 5.91 Å². The third-order valence-corrected chi connectivity index (χ3v) is 4.04. The van der Waals surface area contributed by atoms with E-state index in [1.165, 1.54) is 12.8 Å². The molecule has 0 saturated carbocycles. The minimum Gasteiger partial charge on any atom is -0.352 e. The van der Waals surface area contributed by atoms with Crippen molar-refractivity contribution >= 4 is 41.6 Å². The summed E-state index contributed by atoms with van der Waals surface area (Å²) in [4.78, 5) is 17.0. The molecule has 23 heavy (non-hydrogen) atoms. The highest BCUT2D eigenvalue weighted by Crippen LogP contribution is 2.18. The van der Waals surface area contributed by atoms with Crippen molar-refractivity contribution < 1.29 is 4.79 Å². The van der Waals surface area contributed by atoms with Gasteiger partial charge in [-0.1, -0.05) is 18.2 Å². The average molecular weight is 356 g/mol. The fourth-order valence-electron chi connectivity index (χ4n) is 2.93. The lowest BCUT2D eigenvalue weighted by atomic mass is 9.99. The Morgan fingerprint density at radius 2 is 2.13 bits per heavy atom. The number of halogens is 2. The average Bonchev–Trinajstić information content (AvgIpc) is 2.52. The van der Waals surface area contributed by atoms with E-state index in [-0.39, 0.29) is 30.7 Å². The smallest absolute Gasteiger partial charge is 0.252 e. The van der Waals surface area contributed by atoms with Crippen molar-refractivity contribution in [2.45, 2.75) is 19.8 Å². The van der Waals surface area contributed by atoms with Crippen molar-refractivity contribution in [2.24, 2.45) is 5.92 Å². The Morgan fingerprint density at radius 3 is 2.87 bits per heavy atom. The molecule has 1 atom stereocenters. The monoisotopic (exact) mass is 355 g/mol. The molecule has 4 nitrogen and oxygen atoms in total. The third kappa shape index (κ3) is 4.80. The van der Waals surface area contributed by atoms with Crippen molar-refractivity contribution in [2.75, 3.05) is 19.6 Å². The first-order valence-electron chi connectivity index (χ1n) is 7.59. The Balaban J connectivity index is 0.00000132. The fourth-order valence-corrected chi connectivity index (χ4v) is 2.93. The fraction of sp³-hybridized carbons (Fsp3) is 0.412. The van der Waals surface area contributed by atoms with Crippen LogP contribution in [-0.4, -0.2) is 30.5 Å². The molecule has 1 saturated heterocycles. The zero-order chi connectivity index (χ0) is 14.7. The minimum absolute atomic E-state index is 0. The number of hydrogen-bond acceptors (Lipinski definition) is 3. The van der Waals surface area contributed by atoms with Gasteiger partial charge in [-0.15, -0.1) is 24.8 Å². The lowest BCUT2D eigenvalue weighted by Gasteiger charge is -2.23. The molecule has 2 heterocycles. The summed E-state index contributed by atoms with van der Waals surface area (Å²) in [6.45, 7) is 4.75. The van der Waals surface area contributed by atoms with Crippen molar-refractivity contribution in [3.8, 4) is 0 Å². The van der Waals surface area contributed by atoms with Gasteiger partial charge in [0.2, 0.25) is 0 Å². The molecule has 1 aromatic carbocycles. The summed E-state index contributed by atoms with van der Waals surface area (Å²) < 4.78 is 0. The van der Waals surface area contributed by atoms with Crippen LogP contribution in [0.4, 0.5) is 0 Å².